The van der Waals surface area contributed by atoms with Gasteiger partial charge in [0.05, 0.1) is 0 Å². The molecular formula is C7H8BrN. The van der Waals surface area contributed by atoms with Gasteiger partial charge in [-0.2, -0.15) is 0 Å². The zero-order valence-corrected chi connectivity index (χ0v) is 6.14. The minimum atomic E-state index is -2.71. The molecule has 0 unspecified atom stereocenters. The summed E-state index contributed by atoms with van der Waals surface area (Å²) in [6, 6.07) is 4.52. The maximum atomic E-state index is 7.44. The summed E-state index contributed by atoms with van der Waals surface area (Å²) in [6.07, 6.45) is -2.42. The van der Waals surface area contributed by atoms with Gasteiger partial charge < -0.3 is 0 Å². The van der Waals surface area contributed by atoms with Crippen molar-refractivity contribution in [1.82, 2.24) is 4.98 Å². The summed E-state index contributed by atoms with van der Waals surface area (Å²) in [5.74, 6) is 0. The van der Waals surface area contributed by atoms with Crippen molar-refractivity contribution in [2.24, 2.45) is 0 Å². The van der Waals surface area contributed by atoms with Gasteiger partial charge in [-0.05, 0) is 34.4 Å². The minimum absolute atomic E-state index is 0.0909. The highest BCUT2D eigenvalue weighted by Gasteiger charge is 1.88. The second-order valence-electron chi connectivity index (χ2n) is 1.47. The van der Waals surface area contributed by atoms with Crippen LogP contribution in [0.3, 0.4) is 0 Å². The molecule has 2 heteroatoms. The van der Waals surface area contributed by atoms with Crippen LogP contribution in [0.25, 0.3) is 0 Å². The lowest BCUT2D eigenvalue weighted by Crippen LogP contribution is -1.84. The lowest BCUT2D eigenvalue weighted by atomic mass is 10.3. The van der Waals surface area contributed by atoms with Gasteiger partial charge in [-0.3, -0.25) is 0 Å². The standard InChI is InChI=1S/C7H8BrN/c1-2-6-4-3-5-7(8)9-6/h3-5H,2H2,1H3/i1D3,2D2. The van der Waals surface area contributed by atoms with Gasteiger partial charge in [-0.25, -0.2) is 4.98 Å². The lowest BCUT2D eigenvalue weighted by Gasteiger charge is -1.93. The molecule has 1 heterocycles. The van der Waals surface area contributed by atoms with Gasteiger partial charge in [-0.15, -0.1) is 0 Å². The molecule has 0 radical (unpaired) electrons. The van der Waals surface area contributed by atoms with Gasteiger partial charge in [0.25, 0.3) is 0 Å². The molecule has 0 aliphatic heterocycles. The Balaban J connectivity index is 3.16. The molecular weight excluding hydrogens is 178 g/mol. The summed E-state index contributed by atoms with van der Waals surface area (Å²) in [4.78, 5) is 3.79. The van der Waals surface area contributed by atoms with Gasteiger partial charge >= 0.3 is 0 Å². The Kier molecular flexibility index (Phi) is 0.892. The smallest absolute Gasteiger partial charge is 0.106 e. The molecule has 0 saturated heterocycles. The van der Waals surface area contributed by atoms with E-state index in [1.54, 1.807) is 12.1 Å². The number of hydrogen-bond donors (Lipinski definition) is 0. The van der Waals surface area contributed by atoms with Crippen molar-refractivity contribution in [3.8, 4) is 0 Å². The Hall–Kier alpha value is -0.370. The van der Waals surface area contributed by atoms with Crippen LogP contribution in [0.4, 0.5) is 0 Å². The number of pyridine rings is 1. The average Bonchev–Trinajstić information content (AvgIpc) is 2.02. The average molecular weight is 191 g/mol. The summed E-state index contributed by atoms with van der Waals surface area (Å²) in [7, 11) is 0. The van der Waals surface area contributed by atoms with Crippen LogP contribution >= 0.6 is 15.9 Å². The summed E-state index contributed by atoms with van der Waals surface area (Å²) in [6.45, 7) is -2.71. The van der Waals surface area contributed by atoms with Gasteiger partial charge in [0.2, 0.25) is 0 Å². The van der Waals surface area contributed by atoms with E-state index < -0.39 is 13.2 Å². The van der Waals surface area contributed by atoms with E-state index in [1.165, 1.54) is 6.07 Å². The third kappa shape index (κ3) is 1.79. The van der Waals surface area contributed by atoms with Crippen molar-refractivity contribution in [2.75, 3.05) is 0 Å². The highest BCUT2D eigenvalue weighted by molar-refractivity contribution is 9.10. The monoisotopic (exact) mass is 190 g/mol. The molecule has 0 aliphatic rings. The molecule has 1 aromatic rings. The van der Waals surface area contributed by atoms with Crippen LogP contribution in [0.2, 0.25) is 0 Å². The quantitative estimate of drug-likeness (QED) is 0.621. The van der Waals surface area contributed by atoms with Crippen LogP contribution in [0.1, 0.15) is 19.4 Å². The highest BCUT2D eigenvalue weighted by Crippen LogP contribution is 2.05. The minimum Gasteiger partial charge on any atom is -0.246 e. The molecule has 0 aromatic carbocycles. The summed E-state index contributed by atoms with van der Waals surface area (Å²) < 4.78 is 36.4. The summed E-state index contributed by atoms with van der Waals surface area (Å²) >= 11 is 3.06. The predicted octanol–water partition coefficient (Wildman–Crippen LogP) is 2.41. The number of rotatable bonds is 1. The van der Waals surface area contributed by atoms with E-state index in [0.29, 0.717) is 4.60 Å². The molecule has 0 N–H and O–H groups in total. The maximum absolute atomic E-state index is 7.44. The molecule has 1 aromatic heterocycles. The third-order valence-corrected chi connectivity index (χ3v) is 1.28. The van der Waals surface area contributed by atoms with Crippen LogP contribution in [0.5, 0.6) is 0 Å². The molecule has 0 amide bonds. The van der Waals surface area contributed by atoms with E-state index in [4.69, 9.17) is 6.85 Å². The second-order valence-corrected chi connectivity index (χ2v) is 2.28. The third-order valence-electron chi connectivity index (χ3n) is 0.843. The lowest BCUT2D eigenvalue weighted by molar-refractivity contribution is 1.02. The molecule has 1 rings (SSSR count). The molecule has 0 fully saturated rings. The van der Waals surface area contributed by atoms with Crippen LogP contribution < -0.4 is 0 Å². The van der Waals surface area contributed by atoms with Crippen LogP contribution in [0.15, 0.2) is 22.8 Å². The fourth-order valence-corrected chi connectivity index (χ4v) is 0.822. The molecule has 0 bridgehead atoms. The van der Waals surface area contributed by atoms with E-state index in [0.717, 1.165) is 0 Å². The van der Waals surface area contributed by atoms with E-state index in [2.05, 4.69) is 20.9 Å². The molecule has 1 nitrogen and oxygen atoms in total. The predicted molar refractivity (Wildman–Crippen MR) is 41.3 cm³/mol. The normalized spacial score (nSPS) is 20.8. The Morgan fingerprint density at radius 2 is 2.78 bits per heavy atom. The van der Waals surface area contributed by atoms with Crippen molar-refractivity contribution < 1.29 is 6.85 Å². The fraction of sp³-hybridized carbons (Fsp3) is 0.286. The second kappa shape index (κ2) is 2.97. The topological polar surface area (TPSA) is 12.9 Å². The first-order valence-corrected chi connectivity index (χ1v) is 3.17. The van der Waals surface area contributed by atoms with Crippen molar-refractivity contribution in [2.45, 2.75) is 13.2 Å². The van der Waals surface area contributed by atoms with Crippen LogP contribution in [-0.2, 0) is 6.37 Å². The number of aromatic nitrogens is 1. The van der Waals surface area contributed by atoms with Gasteiger partial charge in [-0.1, -0.05) is 12.9 Å². The molecule has 0 aliphatic carbocycles. The van der Waals surface area contributed by atoms with Crippen LogP contribution in [0, 0.1) is 0 Å². The van der Waals surface area contributed by atoms with E-state index >= 15 is 0 Å². The van der Waals surface area contributed by atoms with Gasteiger partial charge in [0.1, 0.15) is 4.60 Å². The van der Waals surface area contributed by atoms with E-state index in [-0.39, 0.29) is 5.69 Å². The molecule has 0 spiro atoms. The zero-order valence-electron chi connectivity index (χ0n) is 9.56. The number of halogens is 1. The first kappa shape index (κ1) is 2.70. The number of nitrogens with zero attached hydrogens (tertiary/aromatic N) is 1. The van der Waals surface area contributed by atoms with E-state index in [1.807, 2.05) is 0 Å². The maximum Gasteiger partial charge on any atom is 0.106 e. The summed E-state index contributed by atoms with van der Waals surface area (Å²) in [5, 5.41) is 0. The largest absolute Gasteiger partial charge is 0.246 e. The molecule has 9 heavy (non-hydrogen) atoms. The van der Waals surface area contributed by atoms with Crippen LogP contribution in [-0.4, -0.2) is 4.98 Å². The van der Waals surface area contributed by atoms with E-state index in [9.17, 15) is 0 Å². The zero-order chi connectivity index (χ0) is 11.0. The fourth-order valence-electron chi connectivity index (χ4n) is 0.478. The Morgan fingerprint density at radius 3 is 3.44 bits per heavy atom. The number of hydrogen-bond acceptors (Lipinski definition) is 1. The van der Waals surface area contributed by atoms with Gasteiger partial charge in [0.15, 0.2) is 0 Å². The van der Waals surface area contributed by atoms with Gasteiger partial charge in [0, 0.05) is 12.5 Å². The number of aryl methyl sites for hydroxylation is 1. The Morgan fingerprint density at radius 1 is 1.89 bits per heavy atom. The highest BCUT2D eigenvalue weighted by atomic mass is 79.9. The molecule has 48 valence electrons. The molecule has 0 atom stereocenters. The van der Waals surface area contributed by atoms with Crippen molar-refractivity contribution in [3.05, 3.63) is 28.5 Å². The molecule has 0 saturated carbocycles. The van der Waals surface area contributed by atoms with Crippen molar-refractivity contribution in [1.29, 1.82) is 0 Å². The van der Waals surface area contributed by atoms with Crippen molar-refractivity contribution in [3.63, 3.8) is 0 Å². The van der Waals surface area contributed by atoms with Crippen molar-refractivity contribution >= 4 is 15.9 Å². The SMILES string of the molecule is [2H]C([2H])([2H])C([2H])([2H])c1cccc(Br)n1. The first-order valence-electron chi connectivity index (χ1n) is 4.88. The Labute approximate surface area is 70.3 Å². The summed E-state index contributed by atoms with van der Waals surface area (Å²) in [5.41, 5.74) is -0.0909. The Bertz CT molecular complexity index is 335. The first-order chi connectivity index (χ1) is 6.25.